The van der Waals surface area contributed by atoms with Crippen molar-refractivity contribution < 1.29 is 0 Å². The molecule has 1 aromatic carbocycles. The fourth-order valence-corrected chi connectivity index (χ4v) is 2.82. The van der Waals surface area contributed by atoms with Crippen molar-refractivity contribution in [1.82, 2.24) is 0 Å². The number of aryl methyl sites for hydroxylation is 1. The molecule has 17 heavy (non-hydrogen) atoms. The molecule has 0 atom stereocenters. The smallest absolute Gasteiger partial charge is 0.0576 e. The molecule has 3 rings (SSSR count). The summed E-state index contributed by atoms with van der Waals surface area (Å²) < 4.78 is 0. The monoisotopic (exact) mass is 230 g/mol. The van der Waals surface area contributed by atoms with Crippen molar-refractivity contribution in [1.29, 1.82) is 0 Å². The van der Waals surface area contributed by atoms with Gasteiger partial charge < -0.3 is 11.1 Å². The standard InChI is InChI=1S/C15H22N2/c1-10-2-7-14(16)15(8-10)17-9-13(11-3-4-11)12-5-6-12/h2,7-8,11-13,17H,3-6,9,16H2,1H3. The Kier molecular flexibility index (Phi) is 2.73. The Morgan fingerprint density at radius 3 is 2.47 bits per heavy atom. The molecule has 3 N–H and O–H groups in total. The number of hydrogen-bond donors (Lipinski definition) is 2. The Morgan fingerprint density at radius 1 is 1.24 bits per heavy atom. The maximum Gasteiger partial charge on any atom is 0.0576 e. The third-order valence-electron chi connectivity index (χ3n) is 4.19. The number of benzene rings is 1. The molecule has 2 fully saturated rings. The molecule has 2 saturated carbocycles. The average molecular weight is 230 g/mol. The van der Waals surface area contributed by atoms with Crippen molar-refractivity contribution in [3.05, 3.63) is 23.8 Å². The summed E-state index contributed by atoms with van der Waals surface area (Å²) in [4.78, 5) is 0. The van der Waals surface area contributed by atoms with Crippen LogP contribution in [0.4, 0.5) is 11.4 Å². The van der Waals surface area contributed by atoms with Gasteiger partial charge in [0, 0.05) is 6.54 Å². The molecule has 2 nitrogen and oxygen atoms in total. The zero-order chi connectivity index (χ0) is 11.8. The van der Waals surface area contributed by atoms with Gasteiger partial charge in [0.15, 0.2) is 0 Å². The van der Waals surface area contributed by atoms with Gasteiger partial charge in [-0.2, -0.15) is 0 Å². The van der Waals surface area contributed by atoms with Gasteiger partial charge in [0.1, 0.15) is 0 Å². The van der Waals surface area contributed by atoms with Crippen LogP contribution in [-0.4, -0.2) is 6.54 Å². The molecule has 0 radical (unpaired) electrons. The highest BCUT2D eigenvalue weighted by molar-refractivity contribution is 5.66. The lowest BCUT2D eigenvalue weighted by molar-refractivity contribution is 0.428. The van der Waals surface area contributed by atoms with Crippen LogP contribution in [0.2, 0.25) is 0 Å². The van der Waals surface area contributed by atoms with Crippen LogP contribution in [0.1, 0.15) is 31.2 Å². The van der Waals surface area contributed by atoms with Crippen LogP contribution in [0.5, 0.6) is 0 Å². The molecule has 0 spiro atoms. The van der Waals surface area contributed by atoms with E-state index in [4.69, 9.17) is 5.73 Å². The van der Waals surface area contributed by atoms with Gasteiger partial charge in [-0.05, 0) is 68.1 Å². The van der Waals surface area contributed by atoms with Gasteiger partial charge in [-0.3, -0.25) is 0 Å². The quantitative estimate of drug-likeness (QED) is 0.761. The second-order valence-corrected chi connectivity index (χ2v) is 5.81. The lowest BCUT2D eigenvalue weighted by atomic mass is 9.98. The van der Waals surface area contributed by atoms with Gasteiger partial charge in [0.2, 0.25) is 0 Å². The van der Waals surface area contributed by atoms with Crippen LogP contribution in [0.15, 0.2) is 18.2 Å². The second-order valence-electron chi connectivity index (χ2n) is 5.81. The van der Waals surface area contributed by atoms with Crippen LogP contribution < -0.4 is 11.1 Å². The molecule has 2 aliphatic carbocycles. The topological polar surface area (TPSA) is 38.0 Å². The highest BCUT2D eigenvalue weighted by Crippen LogP contribution is 2.49. The van der Waals surface area contributed by atoms with E-state index in [0.717, 1.165) is 35.7 Å². The SMILES string of the molecule is Cc1ccc(N)c(NCC(C2CC2)C2CC2)c1. The van der Waals surface area contributed by atoms with Crippen molar-refractivity contribution in [3.63, 3.8) is 0 Å². The Balaban J connectivity index is 1.63. The predicted octanol–water partition coefficient (Wildman–Crippen LogP) is 3.43. The summed E-state index contributed by atoms with van der Waals surface area (Å²) in [5.74, 6) is 2.90. The summed E-state index contributed by atoms with van der Waals surface area (Å²) in [6.07, 6.45) is 5.80. The third kappa shape index (κ3) is 2.56. The molecule has 2 aliphatic rings. The number of hydrogen-bond acceptors (Lipinski definition) is 2. The molecule has 2 heteroatoms. The number of rotatable bonds is 5. The maximum atomic E-state index is 6.00. The molecule has 0 amide bonds. The normalized spacial score (nSPS) is 19.6. The number of nitrogens with two attached hydrogens (primary N) is 1. The molecule has 0 heterocycles. The van der Waals surface area contributed by atoms with E-state index in [0.29, 0.717) is 0 Å². The van der Waals surface area contributed by atoms with E-state index < -0.39 is 0 Å². The van der Waals surface area contributed by atoms with Crippen molar-refractivity contribution in [3.8, 4) is 0 Å². The fraction of sp³-hybridized carbons (Fsp3) is 0.600. The van der Waals surface area contributed by atoms with E-state index in [9.17, 15) is 0 Å². The van der Waals surface area contributed by atoms with E-state index in [1.807, 2.05) is 6.07 Å². The molecule has 1 aromatic rings. The zero-order valence-corrected chi connectivity index (χ0v) is 10.6. The molecule has 0 bridgehead atoms. The highest BCUT2D eigenvalue weighted by Gasteiger charge is 2.40. The molecule has 0 aromatic heterocycles. The fourth-order valence-electron chi connectivity index (χ4n) is 2.82. The van der Waals surface area contributed by atoms with Crippen LogP contribution >= 0.6 is 0 Å². The zero-order valence-electron chi connectivity index (χ0n) is 10.6. The lowest BCUT2D eigenvalue weighted by Gasteiger charge is -2.18. The van der Waals surface area contributed by atoms with E-state index in [1.165, 1.54) is 31.2 Å². The van der Waals surface area contributed by atoms with Gasteiger partial charge >= 0.3 is 0 Å². The van der Waals surface area contributed by atoms with Crippen molar-refractivity contribution in [2.45, 2.75) is 32.6 Å². The average Bonchev–Trinajstić information content (AvgIpc) is 3.14. The first-order chi connectivity index (χ1) is 8.24. The molecular formula is C15H22N2. The maximum absolute atomic E-state index is 6.00. The van der Waals surface area contributed by atoms with Gasteiger partial charge in [-0.15, -0.1) is 0 Å². The second kappa shape index (κ2) is 4.25. The Labute approximate surface area is 104 Å². The predicted molar refractivity (Wildman–Crippen MR) is 73.0 cm³/mol. The van der Waals surface area contributed by atoms with Gasteiger partial charge in [-0.25, -0.2) is 0 Å². The van der Waals surface area contributed by atoms with Crippen molar-refractivity contribution in [2.75, 3.05) is 17.6 Å². The van der Waals surface area contributed by atoms with E-state index in [1.54, 1.807) is 0 Å². The third-order valence-corrected chi connectivity index (χ3v) is 4.19. The summed E-state index contributed by atoms with van der Waals surface area (Å²) in [7, 11) is 0. The summed E-state index contributed by atoms with van der Waals surface area (Å²) in [6.45, 7) is 3.23. The molecule has 0 unspecified atom stereocenters. The van der Waals surface area contributed by atoms with Crippen molar-refractivity contribution in [2.24, 2.45) is 17.8 Å². The van der Waals surface area contributed by atoms with Crippen molar-refractivity contribution >= 4 is 11.4 Å². The van der Waals surface area contributed by atoms with Gasteiger partial charge in [0.25, 0.3) is 0 Å². The minimum absolute atomic E-state index is 0.876. The minimum atomic E-state index is 0.876. The van der Waals surface area contributed by atoms with Gasteiger partial charge in [-0.1, -0.05) is 6.07 Å². The van der Waals surface area contributed by atoms with Crippen LogP contribution in [0.25, 0.3) is 0 Å². The first-order valence-electron chi connectivity index (χ1n) is 6.84. The molecule has 0 aliphatic heterocycles. The van der Waals surface area contributed by atoms with E-state index in [-0.39, 0.29) is 0 Å². The summed E-state index contributed by atoms with van der Waals surface area (Å²) in [6, 6.07) is 6.23. The number of nitrogen functional groups attached to an aromatic ring is 1. The Morgan fingerprint density at radius 2 is 1.88 bits per heavy atom. The first kappa shape index (κ1) is 10.9. The largest absolute Gasteiger partial charge is 0.397 e. The van der Waals surface area contributed by atoms with E-state index >= 15 is 0 Å². The number of anilines is 2. The minimum Gasteiger partial charge on any atom is -0.397 e. The molecule has 92 valence electrons. The molecule has 0 saturated heterocycles. The van der Waals surface area contributed by atoms with Crippen LogP contribution in [-0.2, 0) is 0 Å². The first-order valence-corrected chi connectivity index (χ1v) is 6.84. The van der Waals surface area contributed by atoms with Crippen LogP contribution in [0.3, 0.4) is 0 Å². The Hall–Kier alpha value is -1.18. The number of nitrogens with one attached hydrogen (secondary N) is 1. The van der Waals surface area contributed by atoms with Gasteiger partial charge in [0.05, 0.1) is 11.4 Å². The summed E-state index contributed by atoms with van der Waals surface area (Å²) in [5.41, 5.74) is 9.27. The Bertz CT molecular complexity index is 393. The molecular weight excluding hydrogens is 208 g/mol. The van der Waals surface area contributed by atoms with E-state index in [2.05, 4.69) is 24.4 Å². The van der Waals surface area contributed by atoms with Crippen LogP contribution in [0, 0.1) is 24.7 Å². The lowest BCUT2D eigenvalue weighted by Crippen LogP contribution is -2.18. The highest BCUT2D eigenvalue weighted by atomic mass is 14.9. The summed E-state index contributed by atoms with van der Waals surface area (Å²) >= 11 is 0. The summed E-state index contributed by atoms with van der Waals surface area (Å²) in [5, 5.41) is 3.57.